The van der Waals surface area contributed by atoms with Crippen molar-refractivity contribution >= 4 is 15.7 Å². The number of benzene rings is 1. The van der Waals surface area contributed by atoms with Crippen molar-refractivity contribution in [2.45, 2.75) is 19.8 Å². The van der Waals surface area contributed by atoms with Crippen LogP contribution in [0.2, 0.25) is 0 Å². The molecule has 1 atom stereocenters. The van der Waals surface area contributed by atoms with Gasteiger partial charge >= 0.3 is 0 Å². The van der Waals surface area contributed by atoms with Gasteiger partial charge in [-0.2, -0.15) is 0 Å². The Morgan fingerprint density at radius 2 is 2.25 bits per heavy atom. The van der Waals surface area contributed by atoms with E-state index in [0.717, 1.165) is 37.2 Å². The quantitative estimate of drug-likeness (QED) is 0.869. The molecule has 1 aromatic rings. The average Bonchev–Trinajstić information content (AvgIpc) is 2.39. The predicted octanol–water partition coefficient (Wildman–Crippen LogP) is 1.74. The SMILES string of the molecule is COc1ccc(NS(=O)(=O)CC2CCCNC2)cc1C. The first-order valence-corrected chi connectivity index (χ1v) is 8.51. The van der Waals surface area contributed by atoms with Crippen molar-refractivity contribution in [3.05, 3.63) is 23.8 Å². The van der Waals surface area contributed by atoms with Crippen molar-refractivity contribution in [3.8, 4) is 5.75 Å². The van der Waals surface area contributed by atoms with E-state index >= 15 is 0 Å². The van der Waals surface area contributed by atoms with E-state index in [0.29, 0.717) is 5.69 Å². The Kier molecular flexibility index (Phi) is 4.88. The number of aryl methyl sites for hydroxylation is 1. The van der Waals surface area contributed by atoms with E-state index in [1.54, 1.807) is 25.3 Å². The molecule has 2 rings (SSSR count). The van der Waals surface area contributed by atoms with Crippen LogP contribution in [0.5, 0.6) is 5.75 Å². The Labute approximate surface area is 120 Å². The highest BCUT2D eigenvalue weighted by Crippen LogP contribution is 2.23. The summed E-state index contributed by atoms with van der Waals surface area (Å²) in [5.74, 6) is 1.12. The van der Waals surface area contributed by atoms with Crippen LogP contribution in [0.3, 0.4) is 0 Å². The maximum absolute atomic E-state index is 12.2. The van der Waals surface area contributed by atoms with Gasteiger partial charge in [0.2, 0.25) is 10.0 Å². The molecule has 6 heteroatoms. The lowest BCUT2D eigenvalue weighted by atomic mass is 10.0. The van der Waals surface area contributed by atoms with Crippen LogP contribution in [0.4, 0.5) is 5.69 Å². The lowest BCUT2D eigenvalue weighted by Gasteiger charge is -2.22. The highest BCUT2D eigenvalue weighted by atomic mass is 32.2. The Bertz CT molecular complexity index is 552. The third-order valence-corrected chi connectivity index (χ3v) is 4.98. The van der Waals surface area contributed by atoms with Crippen molar-refractivity contribution < 1.29 is 13.2 Å². The normalized spacial score (nSPS) is 19.6. The number of anilines is 1. The van der Waals surface area contributed by atoms with Crippen molar-refractivity contribution in [1.29, 1.82) is 0 Å². The molecular weight excluding hydrogens is 276 g/mol. The summed E-state index contributed by atoms with van der Waals surface area (Å²) in [5.41, 5.74) is 1.50. The van der Waals surface area contributed by atoms with Gasteiger partial charge in [0.1, 0.15) is 5.75 Å². The van der Waals surface area contributed by atoms with Gasteiger partial charge in [-0.3, -0.25) is 4.72 Å². The number of rotatable bonds is 5. The van der Waals surface area contributed by atoms with Crippen molar-refractivity contribution in [1.82, 2.24) is 5.32 Å². The fraction of sp³-hybridized carbons (Fsp3) is 0.571. The minimum absolute atomic E-state index is 0.172. The summed E-state index contributed by atoms with van der Waals surface area (Å²) in [6.07, 6.45) is 2.01. The zero-order valence-corrected chi connectivity index (χ0v) is 12.8. The highest BCUT2D eigenvalue weighted by Gasteiger charge is 2.21. The molecule has 1 fully saturated rings. The van der Waals surface area contributed by atoms with Gasteiger partial charge < -0.3 is 10.1 Å². The fourth-order valence-corrected chi connectivity index (χ4v) is 4.01. The molecule has 1 saturated heterocycles. The molecule has 2 N–H and O–H groups in total. The number of piperidine rings is 1. The molecule has 1 aliphatic heterocycles. The lowest BCUT2D eigenvalue weighted by Crippen LogP contribution is -2.35. The highest BCUT2D eigenvalue weighted by molar-refractivity contribution is 7.92. The molecule has 0 radical (unpaired) electrons. The number of ether oxygens (including phenoxy) is 1. The van der Waals surface area contributed by atoms with Crippen LogP contribution < -0.4 is 14.8 Å². The van der Waals surface area contributed by atoms with Crippen molar-refractivity contribution in [2.75, 3.05) is 30.7 Å². The van der Waals surface area contributed by atoms with Gasteiger partial charge in [0.15, 0.2) is 0 Å². The lowest BCUT2D eigenvalue weighted by molar-refractivity contribution is 0.404. The molecule has 1 aromatic carbocycles. The second-order valence-electron chi connectivity index (χ2n) is 5.28. The third kappa shape index (κ3) is 4.11. The molecule has 0 saturated carbocycles. The number of methoxy groups -OCH3 is 1. The summed E-state index contributed by atoms with van der Waals surface area (Å²) < 4.78 is 32.1. The summed E-state index contributed by atoms with van der Waals surface area (Å²) in [6.45, 7) is 3.66. The van der Waals surface area contributed by atoms with E-state index in [4.69, 9.17) is 4.74 Å². The second-order valence-corrected chi connectivity index (χ2v) is 7.05. The van der Waals surface area contributed by atoms with Crippen molar-refractivity contribution in [3.63, 3.8) is 0 Å². The predicted molar refractivity (Wildman–Crippen MR) is 80.7 cm³/mol. The Hall–Kier alpha value is -1.27. The van der Waals surface area contributed by atoms with Crippen LogP contribution >= 0.6 is 0 Å². The number of hydrogen-bond donors (Lipinski definition) is 2. The largest absolute Gasteiger partial charge is 0.496 e. The van der Waals surface area contributed by atoms with Crippen LogP contribution in [-0.4, -0.2) is 34.4 Å². The van der Waals surface area contributed by atoms with E-state index in [1.807, 2.05) is 6.92 Å². The van der Waals surface area contributed by atoms with Gasteiger partial charge in [0.05, 0.1) is 12.9 Å². The molecule has 0 aliphatic carbocycles. The zero-order valence-electron chi connectivity index (χ0n) is 12.0. The van der Waals surface area contributed by atoms with E-state index in [2.05, 4.69) is 10.0 Å². The number of hydrogen-bond acceptors (Lipinski definition) is 4. The van der Waals surface area contributed by atoms with Gasteiger partial charge in [-0.15, -0.1) is 0 Å². The van der Waals surface area contributed by atoms with Gasteiger partial charge in [-0.1, -0.05) is 0 Å². The monoisotopic (exact) mass is 298 g/mol. The Morgan fingerprint density at radius 3 is 2.85 bits per heavy atom. The maximum atomic E-state index is 12.2. The summed E-state index contributed by atoms with van der Waals surface area (Å²) in [6, 6.07) is 5.29. The molecule has 1 heterocycles. The minimum Gasteiger partial charge on any atom is -0.496 e. The minimum atomic E-state index is -3.30. The van der Waals surface area contributed by atoms with Crippen LogP contribution in [0.1, 0.15) is 18.4 Å². The van der Waals surface area contributed by atoms with Crippen LogP contribution in [0.15, 0.2) is 18.2 Å². The summed E-state index contributed by atoms with van der Waals surface area (Å²) in [5, 5.41) is 3.24. The molecule has 112 valence electrons. The number of nitrogens with one attached hydrogen (secondary N) is 2. The summed E-state index contributed by atoms with van der Waals surface area (Å²) in [4.78, 5) is 0. The van der Waals surface area contributed by atoms with Crippen LogP contribution in [0.25, 0.3) is 0 Å². The fourth-order valence-electron chi connectivity index (χ4n) is 2.54. The maximum Gasteiger partial charge on any atom is 0.233 e. The molecule has 5 nitrogen and oxygen atoms in total. The first-order valence-electron chi connectivity index (χ1n) is 6.86. The molecule has 0 spiro atoms. The van der Waals surface area contributed by atoms with Gasteiger partial charge in [0, 0.05) is 5.69 Å². The molecule has 1 unspecified atom stereocenters. The second kappa shape index (κ2) is 6.45. The van der Waals surface area contributed by atoms with E-state index in [9.17, 15) is 8.42 Å². The molecule has 0 bridgehead atoms. The average molecular weight is 298 g/mol. The van der Waals surface area contributed by atoms with Gasteiger partial charge in [0.25, 0.3) is 0 Å². The summed E-state index contributed by atoms with van der Waals surface area (Å²) >= 11 is 0. The zero-order chi connectivity index (χ0) is 14.6. The molecule has 0 amide bonds. The van der Waals surface area contributed by atoms with Crippen molar-refractivity contribution in [2.24, 2.45) is 5.92 Å². The third-order valence-electron chi connectivity index (χ3n) is 3.52. The molecule has 0 aromatic heterocycles. The molecular formula is C14H22N2O3S. The van der Waals surface area contributed by atoms with E-state index < -0.39 is 10.0 Å². The first-order chi connectivity index (χ1) is 9.50. The summed E-state index contributed by atoms with van der Waals surface area (Å²) in [7, 11) is -1.70. The van der Waals surface area contributed by atoms with Gasteiger partial charge in [-0.25, -0.2) is 8.42 Å². The standard InChI is InChI=1S/C14H22N2O3S/c1-11-8-13(5-6-14(11)19-2)16-20(17,18)10-12-4-3-7-15-9-12/h5-6,8,12,15-16H,3-4,7,9-10H2,1-2H3. The first kappa shape index (κ1) is 15.1. The Balaban J connectivity index is 2.02. The van der Waals surface area contributed by atoms with Gasteiger partial charge in [-0.05, 0) is 62.5 Å². The number of sulfonamides is 1. The smallest absolute Gasteiger partial charge is 0.233 e. The van der Waals surface area contributed by atoms with E-state index in [-0.39, 0.29) is 11.7 Å². The van der Waals surface area contributed by atoms with E-state index in [1.165, 1.54) is 0 Å². The van der Waals surface area contributed by atoms with Crippen LogP contribution in [-0.2, 0) is 10.0 Å². The molecule has 20 heavy (non-hydrogen) atoms. The topological polar surface area (TPSA) is 67.4 Å². The Morgan fingerprint density at radius 1 is 1.45 bits per heavy atom. The molecule has 1 aliphatic rings. The van der Waals surface area contributed by atoms with Crippen LogP contribution in [0, 0.1) is 12.8 Å².